The summed E-state index contributed by atoms with van der Waals surface area (Å²) in [5, 5.41) is 8.60. The van der Waals surface area contributed by atoms with Crippen molar-refractivity contribution in [3.05, 3.63) is 29.8 Å². The third-order valence-corrected chi connectivity index (χ3v) is 4.49. The lowest BCUT2D eigenvalue weighted by Gasteiger charge is -2.05. The highest BCUT2D eigenvalue weighted by Crippen LogP contribution is 2.19. The van der Waals surface area contributed by atoms with Gasteiger partial charge in [0.1, 0.15) is 6.04 Å². The van der Waals surface area contributed by atoms with Gasteiger partial charge in [-0.15, -0.1) is 11.8 Å². The Morgan fingerprint density at radius 1 is 1.35 bits per heavy atom. The summed E-state index contributed by atoms with van der Waals surface area (Å²) in [6.07, 6.45) is 0. The van der Waals surface area contributed by atoms with Gasteiger partial charge in [0.05, 0.1) is 0 Å². The maximum Gasteiger partial charge on any atom is 0.321 e. The van der Waals surface area contributed by atoms with Crippen molar-refractivity contribution in [2.45, 2.75) is 17.9 Å². The molecule has 0 saturated carbocycles. The van der Waals surface area contributed by atoms with Crippen molar-refractivity contribution in [1.29, 1.82) is 0 Å². The summed E-state index contributed by atoms with van der Waals surface area (Å²) in [7, 11) is 0. The van der Waals surface area contributed by atoms with Crippen LogP contribution in [0.1, 0.15) is 5.56 Å². The fourth-order valence-corrected chi connectivity index (χ4v) is 3.07. The summed E-state index contributed by atoms with van der Waals surface area (Å²) < 4.78 is 0. The molecule has 0 aliphatic rings. The second-order valence-corrected chi connectivity index (χ2v) is 6.00. The molecule has 0 aliphatic heterocycles. The van der Waals surface area contributed by atoms with E-state index in [4.69, 9.17) is 10.8 Å². The summed E-state index contributed by atoms with van der Waals surface area (Å²) in [5.41, 5.74) is 6.66. The minimum Gasteiger partial charge on any atom is -0.480 e. The van der Waals surface area contributed by atoms with Crippen LogP contribution in [-0.2, 0) is 4.79 Å². The third kappa shape index (κ3) is 6.00. The lowest BCUT2D eigenvalue weighted by Crippen LogP contribution is -2.32. The van der Waals surface area contributed by atoms with Gasteiger partial charge in [-0.2, -0.15) is 11.8 Å². The Morgan fingerprint density at radius 3 is 2.59 bits per heavy atom. The highest BCUT2D eigenvalue weighted by atomic mass is 32.2. The van der Waals surface area contributed by atoms with Gasteiger partial charge in [0.25, 0.3) is 0 Å². The molecule has 0 unspecified atom stereocenters. The first-order valence-electron chi connectivity index (χ1n) is 5.35. The molecule has 0 aliphatic carbocycles. The van der Waals surface area contributed by atoms with Gasteiger partial charge in [0.15, 0.2) is 0 Å². The average molecular weight is 271 g/mol. The van der Waals surface area contributed by atoms with E-state index in [9.17, 15) is 4.79 Å². The predicted octanol–water partition coefficient (Wildman–Crippen LogP) is 2.23. The summed E-state index contributed by atoms with van der Waals surface area (Å²) >= 11 is 3.37. The number of aryl methyl sites for hydroxylation is 1. The second-order valence-electron chi connectivity index (χ2n) is 3.68. The summed E-state index contributed by atoms with van der Waals surface area (Å²) in [6, 6.07) is 7.65. The van der Waals surface area contributed by atoms with E-state index in [-0.39, 0.29) is 0 Å². The molecule has 0 aromatic heterocycles. The lowest BCUT2D eigenvalue weighted by atomic mass is 10.2. The highest BCUT2D eigenvalue weighted by Gasteiger charge is 2.10. The van der Waals surface area contributed by atoms with Crippen molar-refractivity contribution >= 4 is 29.5 Å². The minimum absolute atomic E-state index is 0.476. The van der Waals surface area contributed by atoms with Gasteiger partial charge in [-0.25, -0.2) is 0 Å². The van der Waals surface area contributed by atoms with Crippen molar-refractivity contribution in [3.63, 3.8) is 0 Å². The monoisotopic (exact) mass is 271 g/mol. The van der Waals surface area contributed by atoms with Crippen LogP contribution in [-0.4, -0.2) is 34.4 Å². The van der Waals surface area contributed by atoms with Crippen LogP contribution in [0.4, 0.5) is 0 Å². The first kappa shape index (κ1) is 14.4. The fourth-order valence-electron chi connectivity index (χ4n) is 1.13. The Hall–Kier alpha value is -0.650. The molecule has 0 spiro atoms. The van der Waals surface area contributed by atoms with Crippen LogP contribution in [0.25, 0.3) is 0 Å². The maximum absolute atomic E-state index is 10.5. The molecule has 3 nitrogen and oxygen atoms in total. The lowest BCUT2D eigenvalue weighted by molar-refractivity contribution is -0.137. The molecule has 0 saturated heterocycles. The van der Waals surface area contributed by atoms with Gasteiger partial charge in [-0.3, -0.25) is 4.79 Å². The van der Waals surface area contributed by atoms with E-state index in [0.717, 1.165) is 11.5 Å². The minimum atomic E-state index is -0.927. The van der Waals surface area contributed by atoms with E-state index >= 15 is 0 Å². The Labute approximate surface area is 110 Å². The quantitative estimate of drug-likeness (QED) is 0.588. The van der Waals surface area contributed by atoms with E-state index in [1.165, 1.54) is 10.5 Å². The number of thioether (sulfide) groups is 2. The van der Waals surface area contributed by atoms with Gasteiger partial charge in [0.2, 0.25) is 0 Å². The number of hydrogen-bond donors (Lipinski definition) is 2. The highest BCUT2D eigenvalue weighted by molar-refractivity contribution is 8.03. The zero-order chi connectivity index (χ0) is 12.7. The molecule has 3 N–H and O–H groups in total. The smallest absolute Gasteiger partial charge is 0.321 e. The number of benzene rings is 1. The maximum atomic E-state index is 10.5. The number of carboxylic acid groups (broad SMARTS) is 1. The van der Waals surface area contributed by atoms with Crippen LogP contribution in [0.2, 0.25) is 0 Å². The van der Waals surface area contributed by atoms with E-state index in [1.54, 1.807) is 23.5 Å². The van der Waals surface area contributed by atoms with Crippen molar-refractivity contribution in [1.82, 2.24) is 0 Å². The Balaban J connectivity index is 2.12. The summed E-state index contributed by atoms with van der Waals surface area (Å²) in [4.78, 5) is 11.7. The number of carbonyl (C=O) groups is 1. The Bertz CT molecular complexity index is 354. The molecule has 0 amide bonds. The third-order valence-electron chi connectivity index (χ3n) is 2.13. The zero-order valence-corrected chi connectivity index (χ0v) is 11.4. The largest absolute Gasteiger partial charge is 0.480 e. The van der Waals surface area contributed by atoms with Crippen molar-refractivity contribution in [3.8, 4) is 0 Å². The summed E-state index contributed by atoms with van der Waals surface area (Å²) in [6.45, 7) is 2.07. The summed E-state index contributed by atoms with van der Waals surface area (Å²) in [5.74, 6) is 1.44. The Kier molecular flexibility index (Phi) is 6.47. The van der Waals surface area contributed by atoms with Crippen LogP contribution in [0.3, 0.4) is 0 Å². The number of aliphatic carboxylic acids is 1. The number of hydrogen-bond acceptors (Lipinski definition) is 4. The second kappa shape index (κ2) is 7.63. The van der Waals surface area contributed by atoms with Crippen LogP contribution in [0.15, 0.2) is 29.2 Å². The van der Waals surface area contributed by atoms with Crippen LogP contribution in [0, 0.1) is 6.92 Å². The van der Waals surface area contributed by atoms with E-state index < -0.39 is 12.0 Å². The van der Waals surface area contributed by atoms with Crippen molar-refractivity contribution in [2.24, 2.45) is 5.73 Å². The number of rotatable bonds is 7. The molecule has 1 rings (SSSR count). The molecule has 0 heterocycles. The standard InChI is InChI=1S/C12H17NO2S2/c1-9-2-4-10(5-3-9)17-7-6-16-8-11(13)12(14)15/h2-5,11H,6-8,13H2,1H3,(H,14,15)/t11-/m1/s1. The van der Waals surface area contributed by atoms with E-state index in [1.807, 2.05) is 0 Å². The molecule has 0 fully saturated rings. The molecule has 1 atom stereocenters. The molecule has 5 heteroatoms. The predicted molar refractivity (Wildman–Crippen MR) is 74.8 cm³/mol. The van der Waals surface area contributed by atoms with Crippen LogP contribution < -0.4 is 5.73 Å². The van der Waals surface area contributed by atoms with Gasteiger partial charge in [0, 0.05) is 22.2 Å². The normalized spacial score (nSPS) is 12.4. The molecular formula is C12H17NO2S2. The molecule has 0 bridgehead atoms. The molecule has 1 aromatic carbocycles. The molecule has 1 aromatic rings. The molecule has 0 radical (unpaired) electrons. The van der Waals surface area contributed by atoms with Crippen LogP contribution in [0.5, 0.6) is 0 Å². The molecule has 94 valence electrons. The van der Waals surface area contributed by atoms with E-state index in [2.05, 4.69) is 31.2 Å². The first-order valence-corrected chi connectivity index (χ1v) is 7.49. The SMILES string of the molecule is Cc1ccc(SCCSC[C@@H](N)C(=O)O)cc1. The fraction of sp³-hybridized carbons (Fsp3) is 0.417. The topological polar surface area (TPSA) is 63.3 Å². The van der Waals surface area contributed by atoms with Gasteiger partial charge >= 0.3 is 5.97 Å². The number of carboxylic acids is 1. The van der Waals surface area contributed by atoms with E-state index in [0.29, 0.717) is 5.75 Å². The number of nitrogens with two attached hydrogens (primary N) is 1. The van der Waals surface area contributed by atoms with Crippen molar-refractivity contribution < 1.29 is 9.90 Å². The molecule has 17 heavy (non-hydrogen) atoms. The van der Waals surface area contributed by atoms with Gasteiger partial charge < -0.3 is 10.8 Å². The Morgan fingerprint density at radius 2 is 2.00 bits per heavy atom. The van der Waals surface area contributed by atoms with Gasteiger partial charge in [-0.1, -0.05) is 17.7 Å². The zero-order valence-electron chi connectivity index (χ0n) is 9.76. The average Bonchev–Trinajstić information content (AvgIpc) is 2.30. The van der Waals surface area contributed by atoms with Gasteiger partial charge in [-0.05, 0) is 19.1 Å². The first-order chi connectivity index (χ1) is 8.09. The van der Waals surface area contributed by atoms with Crippen molar-refractivity contribution in [2.75, 3.05) is 17.3 Å². The molecular weight excluding hydrogens is 254 g/mol. The van der Waals surface area contributed by atoms with Crippen LogP contribution >= 0.6 is 23.5 Å².